The Labute approximate surface area is 266 Å². The molecule has 0 bridgehead atoms. The molecular formula is C35H44N6O3Si. The van der Waals surface area contributed by atoms with E-state index in [2.05, 4.69) is 78.3 Å². The van der Waals surface area contributed by atoms with Gasteiger partial charge in [0.05, 0.1) is 24.1 Å². The third kappa shape index (κ3) is 6.05. The van der Waals surface area contributed by atoms with Gasteiger partial charge in [0.2, 0.25) is 5.95 Å². The molecule has 0 radical (unpaired) electrons. The number of Topliss-reactive ketones (excluding diaryl/α,β-unsaturated/α-hetero) is 1. The van der Waals surface area contributed by atoms with E-state index in [1.54, 1.807) is 17.7 Å². The second-order valence-electron chi connectivity index (χ2n) is 14.1. The van der Waals surface area contributed by atoms with Gasteiger partial charge in [-0.1, -0.05) is 51.8 Å². The van der Waals surface area contributed by atoms with Gasteiger partial charge in [0.1, 0.15) is 11.5 Å². The molecule has 9 nitrogen and oxygen atoms in total. The van der Waals surface area contributed by atoms with Crippen LogP contribution >= 0.6 is 0 Å². The molecular weight excluding hydrogens is 581 g/mol. The van der Waals surface area contributed by atoms with Crippen LogP contribution in [0.3, 0.4) is 0 Å². The van der Waals surface area contributed by atoms with Gasteiger partial charge in [0.25, 0.3) is 5.56 Å². The second-order valence-corrected chi connectivity index (χ2v) is 18.9. The van der Waals surface area contributed by atoms with E-state index in [4.69, 9.17) is 9.41 Å². The quantitative estimate of drug-likeness (QED) is 0.158. The monoisotopic (exact) mass is 624 g/mol. The van der Waals surface area contributed by atoms with E-state index in [0.29, 0.717) is 29.6 Å². The van der Waals surface area contributed by atoms with Gasteiger partial charge >= 0.3 is 0 Å². The highest BCUT2D eigenvalue weighted by Crippen LogP contribution is 2.38. The molecule has 1 N–H and O–H groups in total. The number of aryl methyl sites for hydroxylation is 1. The van der Waals surface area contributed by atoms with Gasteiger partial charge in [-0.05, 0) is 79.2 Å². The van der Waals surface area contributed by atoms with Crippen molar-refractivity contribution in [2.45, 2.75) is 104 Å². The first kappa shape index (κ1) is 31.1. The summed E-state index contributed by atoms with van der Waals surface area (Å²) >= 11 is 0. The lowest BCUT2D eigenvalue weighted by atomic mass is 10.0. The van der Waals surface area contributed by atoms with Crippen LogP contribution in [-0.4, -0.2) is 33.6 Å². The topological polar surface area (TPSA) is 102 Å². The average molecular weight is 625 g/mol. The molecule has 45 heavy (non-hydrogen) atoms. The molecule has 1 saturated carbocycles. The maximum Gasteiger partial charge on any atom is 0.263 e. The number of hydrogen-bond donors (Lipinski definition) is 1. The van der Waals surface area contributed by atoms with E-state index >= 15 is 0 Å². The van der Waals surface area contributed by atoms with Gasteiger partial charge < -0.3 is 14.6 Å². The summed E-state index contributed by atoms with van der Waals surface area (Å²) in [6.07, 6.45) is 7.49. The minimum atomic E-state index is -1.81. The van der Waals surface area contributed by atoms with Gasteiger partial charge in [-0.2, -0.15) is 4.98 Å². The third-order valence-electron chi connectivity index (χ3n) is 10.0. The number of aromatic nitrogens is 4. The zero-order chi connectivity index (χ0) is 32.1. The van der Waals surface area contributed by atoms with Crippen molar-refractivity contribution in [3.63, 3.8) is 0 Å². The van der Waals surface area contributed by atoms with Gasteiger partial charge in [0, 0.05) is 30.7 Å². The van der Waals surface area contributed by atoms with Crippen molar-refractivity contribution in [1.29, 1.82) is 0 Å². The van der Waals surface area contributed by atoms with Crippen molar-refractivity contribution >= 4 is 42.6 Å². The summed E-state index contributed by atoms with van der Waals surface area (Å²) in [5.74, 6) is 0.756. The number of benzene rings is 1. The van der Waals surface area contributed by atoms with Crippen molar-refractivity contribution in [2.24, 2.45) is 0 Å². The maximum atomic E-state index is 13.5. The number of anilines is 3. The SMILES string of the molecule is CC(=O)c1c(C)c2cnc(Nc3ccc(N4Cc5ccc(CO[Si](C)(C)C(C)(C)C)cc5C4)cn3)nc2n(C2CCCC2)c1=O. The van der Waals surface area contributed by atoms with Gasteiger partial charge in [0.15, 0.2) is 14.1 Å². The summed E-state index contributed by atoms with van der Waals surface area (Å²) in [4.78, 5) is 42.2. The summed E-state index contributed by atoms with van der Waals surface area (Å²) < 4.78 is 8.19. The molecule has 236 valence electrons. The summed E-state index contributed by atoms with van der Waals surface area (Å²) in [7, 11) is -1.81. The minimum Gasteiger partial charge on any atom is -0.413 e. The first-order valence-electron chi connectivity index (χ1n) is 16.0. The molecule has 10 heteroatoms. The van der Waals surface area contributed by atoms with E-state index in [-0.39, 0.29) is 28.0 Å². The number of fused-ring (bicyclic) bond motifs is 2. The second kappa shape index (κ2) is 11.8. The van der Waals surface area contributed by atoms with Crippen LogP contribution < -0.4 is 15.8 Å². The molecule has 0 atom stereocenters. The van der Waals surface area contributed by atoms with Crippen LogP contribution in [0.25, 0.3) is 11.0 Å². The van der Waals surface area contributed by atoms with Crippen molar-refractivity contribution in [3.8, 4) is 0 Å². The molecule has 0 saturated heterocycles. The highest BCUT2D eigenvalue weighted by atomic mass is 28.4. The molecule has 3 aromatic heterocycles. The highest BCUT2D eigenvalue weighted by Gasteiger charge is 2.37. The lowest BCUT2D eigenvalue weighted by molar-refractivity contribution is 0.101. The number of carbonyl (C=O) groups is 1. The number of rotatable bonds is 8. The van der Waals surface area contributed by atoms with Crippen molar-refractivity contribution < 1.29 is 9.22 Å². The number of hydrogen-bond acceptors (Lipinski definition) is 8. The van der Waals surface area contributed by atoms with Gasteiger partial charge in [-0.3, -0.25) is 14.2 Å². The van der Waals surface area contributed by atoms with Crippen LogP contribution in [0.5, 0.6) is 0 Å². The number of ketones is 1. The molecule has 6 rings (SSSR count). The predicted octanol–water partition coefficient (Wildman–Crippen LogP) is 7.60. The Balaban J connectivity index is 1.18. The largest absolute Gasteiger partial charge is 0.413 e. The fraction of sp³-hybridized carbons (Fsp3) is 0.457. The van der Waals surface area contributed by atoms with E-state index < -0.39 is 8.32 Å². The highest BCUT2D eigenvalue weighted by molar-refractivity contribution is 6.74. The molecule has 0 spiro atoms. The Kier molecular flexibility index (Phi) is 8.15. The van der Waals surface area contributed by atoms with Crippen LogP contribution in [0.1, 0.15) is 92.0 Å². The smallest absolute Gasteiger partial charge is 0.263 e. The molecule has 1 aromatic carbocycles. The molecule has 1 fully saturated rings. The Morgan fingerprint density at radius 3 is 2.44 bits per heavy atom. The van der Waals surface area contributed by atoms with Crippen LogP contribution in [-0.2, 0) is 24.1 Å². The standard InChI is InChI=1S/C35H44N6O3Si/c1-22-29-18-37-34(39-32(29)41(27-10-8-9-11-27)33(43)31(22)23(2)42)38-30-15-14-28(17-36-30)40-19-25-13-12-24(16-26(25)20-40)21-44-45(6,7)35(3,4)5/h12-18,27H,8-11,19-21H2,1-7H3,(H,36,37,38,39). The normalized spacial score (nSPS) is 15.6. The van der Waals surface area contributed by atoms with E-state index in [1.165, 1.54) is 23.6 Å². The molecule has 4 heterocycles. The van der Waals surface area contributed by atoms with Gasteiger partial charge in [-0.25, -0.2) is 9.97 Å². The number of nitrogens with zero attached hydrogens (tertiary/aromatic N) is 5. The van der Waals surface area contributed by atoms with E-state index in [0.717, 1.165) is 49.8 Å². The van der Waals surface area contributed by atoms with E-state index in [9.17, 15) is 9.59 Å². The van der Waals surface area contributed by atoms with Crippen LogP contribution in [0.15, 0.2) is 47.5 Å². The zero-order valence-corrected chi connectivity index (χ0v) is 28.5. The summed E-state index contributed by atoms with van der Waals surface area (Å²) in [5.41, 5.74) is 6.09. The number of nitrogens with one attached hydrogen (secondary N) is 1. The summed E-state index contributed by atoms with van der Waals surface area (Å²) in [5, 5.41) is 4.14. The van der Waals surface area contributed by atoms with Crippen molar-refractivity contribution in [3.05, 3.63) is 80.9 Å². The fourth-order valence-electron chi connectivity index (χ4n) is 6.27. The van der Waals surface area contributed by atoms with Crippen molar-refractivity contribution in [1.82, 2.24) is 19.5 Å². The number of carbonyl (C=O) groups excluding carboxylic acids is 1. The van der Waals surface area contributed by atoms with Crippen molar-refractivity contribution in [2.75, 3.05) is 10.2 Å². The third-order valence-corrected chi connectivity index (χ3v) is 14.5. The maximum absolute atomic E-state index is 13.5. The average Bonchev–Trinajstić information content (AvgIpc) is 3.66. The molecule has 0 unspecified atom stereocenters. The minimum absolute atomic E-state index is 0.0317. The Morgan fingerprint density at radius 2 is 1.78 bits per heavy atom. The molecule has 0 amide bonds. The summed E-state index contributed by atoms with van der Waals surface area (Å²) in [6, 6.07) is 10.7. The molecule has 4 aromatic rings. The van der Waals surface area contributed by atoms with Crippen LogP contribution in [0, 0.1) is 6.92 Å². The predicted molar refractivity (Wildman–Crippen MR) is 182 cm³/mol. The van der Waals surface area contributed by atoms with E-state index in [1.807, 2.05) is 12.3 Å². The number of pyridine rings is 2. The fourth-order valence-corrected chi connectivity index (χ4v) is 7.23. The first-order chi connectivity index (χ1) is 21.3. The Morgan fingerprint density at radius 1 is 1.04 bits per heavy atom. The summed E-state index contributed by atoms with van der Waals surface area (Å²) in [6.45, 7) is 17.0. The zero-order valence-electron chi connectivity index (χ0n) is 27.5. The van der Waals surface area contributed by atoms with Gasteiger partial charge in [-0.15, -0.1) is 0 Å². The molecule has 2 aliphatic rings. The molecule has 1 aliphatic carbocycles. The Hall–Kier alpha value is -3.89. The van der Waals surface area contributed by atoms with Crippen LogP contribution in [0.2, 0.25) is 18.1 Å². The first-order valence-corrected chi connectivity index (χ1v) is 18.9. The van der Waals surface area contributed by atoms with Crippen LogP contribution in [0.4, 0.5) is 17.5 Å². The molecule has 1 aliphatic heterocycles. The lowest BCUT2D eigenvalue weighted by Gasteiger charge is -2.36. The lowest BCUT2D eigenvalue weighted by Crippen LogP contribution is -2.40. The Bertz CT molecular complexity index is 1820.